The zero-order valence-corrected chi connectivity index (χ0v) is 15.6. The number of ether oxygens (including phenoxy) is 1. The summed E-state index contributed by atoms with van der Waals surface area (Å²) in [6.07, 6.45) is 0.207. The van der Waals surface area contributed by atoms with Crippen LogP contribution in [0.4, 0.5) is 0 Å². The Morgan fingerprint density at radius 1 is 1.05 bits per heavy atom. The molecule has 0 aromatic heterocycles. The molecule has 0 bridgehead atoms. The van der Waals surface area contributed by atoms with Crippen molar-refractivity contribution in [2.24, 2.45) is 0 Å². The monoisotopic (exact) mass is 444 g/mol. The third kappa shape index (κ3) is 3.76. The molecule has 0 saturated heterocycles. The second-order valence-corrected chi connectivity index (χ2v) is 7.07. The van der Waals surface area contributed by atoms with Gasteiger partial charge in [-0.05, 0) is 72.2 Å². The van der Waals surface area contributed by atoms with Crippen molar-refractivity contribution < 1.29 is 4.74 Å². The van der Waals surface area contributed by atoms with E-state index in [1.807, 2.05) is 26.0 Å². The standard InChI is InChI=1S/C17H18BrIO/c1-11(2)20-14-9-7-13(8-10-14)16(18)15-6-4-5-12(3)17(15)19/h4-11,16H,1-3H3. The largest absolute Gasteiger partial charge is 0.491 e. The van der Waals surface area contributed by atoms with Crippen molar-refractivity contribution in [3.63, 3.8) is 0 Å². The van der Waals surface area contributed by atoms with Crippen LogP contribution in [0.25, 0.3) is 0 Å². The fraction of sp³-hybridized carbons (Fsp3) is 0.294. The Bertz CT molecular complexity index is 578. The minimum atomic E-state index is 0.207. The first-order valence-corrected chi connectivity index (χ1v) is 8.64. The van der Waals surface area contributed by atoms with Crippen LogP contribution in [0, 0.1) is 10.5 Å². The Labute approximate surface area is 143 Å². The van der Waals surface area contributed by atoms with Crippen LogP contribution in [0.3, 0.4) is 0 Å². The molecule has 0 aliphatic heterocycles. The van der Waals surface area contributed by atoms with Crippen LogP contribution in [-0.2, 0) is 0 Å². The molecule has 0 radical (unpaired) electrons. The van der Waals surface area contributed by atoms with E-state index in [-0.39, 0.29) is 10.9 Å². The zero-order valence-electron chi connectivity index (χ0n) is 11.9. The summed E-state index contributed by atoms with van der Waals surface area (Å²) in [7, 11) is 0. The van der Waals surface area contributed by atoms with Gasteiger partial charge in [0.05, 0.1) is 10.9 Å². The average molecular weight is 445 g/mol. The van der Waals surface area contributed by atoms with Gasteiger partial charge in [-0.3, -0.25) is 0 Å². The lowest BCUT2D eigenvalue weighted by molar-refractivity contribution is 0.242. The molecular formula is C17H18BrIO. The number of halogens is 2. The van der Waals surface area contributed by atoms with Crippen LogP contribution in [0.1, 0.15) is 35.4 Å². The summed E-state index contributed by atoms with van der Waals surface area (Å²) >= 11 is 6.22. The fourth-order valence-corrected chi connectivity index (χ4v) is 3.82. The highest BCUT2D eigenvalue weighted by Crippen LogP contribution is 2.35. The maximum absolute atomic E-state index is 5.68. The summed E-state index contributed by atoms with van der Waals surface area (Å²) < 4.78 is 7.00. The van der Waals surface area contributed by atoms with E-state index in [9.17, 15) is 0 Å². The Kier molecular flexibility index (Phi) is 5.49. The first kappa shape index (κ1) is 15.8. The lowest BCUT2D eigenvalue weighted by atomic mass is 10.0. The third-order valence-corrected chi connectivity index (χ3v) is 5.53. The summed E-state index contributed by atoms with van der Waals surface area (Å²) in [5, 5.41) is 0. The predicted octanol–water partition coefficient (Wildman–Crippen LogP) is 5.87. The number of hydrogen-bond acceptors (Lipinski definition) is 1. The fourth-order valence-electron chi connectivity index (χ4n) is 2.03. The lowest BCUT2D eigenvalue weighted by Crippen LogP contribution is -2.05. The number of aryl methyl sites for hydroxylation is 1. The van der Waals surface area contributed by atoms with E-state index >= 15 is 0 Å². The van der Waals surface area contributed by atoms with Gasteiger partial charge in [-0.15, -0.1) is 0 Å². The molecule has 0 amide bonds. The van der Waals surface area contributed by atoms with Crippen molar-refractivity contribution in [2.75, 3.05) is 0 Å². The number of alkyl halides is 1. The van der Waals surface area contributed by atoms with E-state index in [1.54, 1.807) is 0 Å². The molecule has 0 N–H and O–H groups in total. The minimum Gasteiger partial charge on any atom is -0.491 e. The van der Waals surface area contributed by atoms with Gasteiger partial charge in [0, 0.05) is 3.57 Å². The molecule has 2 rings (SSSR count). The quantitative estimate of drug-likeness (QED) is 0.423. The van der Waals surface area contributed by atoms with Gasteiger partial charge in [-0.1, -0.05) is 46.3 Å². The van der Waals surface area contributed by atoms with Crippen molar-refractivity contribution in [3.05, 3.63) is 62.7 Å². The third-order valence-electron chi connectivity index (χ3n) is 3.04. The maximum Gasteiger partial charge on any atom is 0.119 e. The molecule has 106 valence electrons. The average Bonchev–Trinajstić information content (AvgIpc) is 2.41. The Morgan fingerprint density at radius 2 is 1.70 bits per heavy atom. The van der Waals surface area contributed by atoms with Crippen LogP contribution in [0.15, 0.2) is 42.5 Å². The molecule has 0 heterocycles. The molecule has 20 heavy (non-hydrogen) atoms. The van der Waals surface area contributed by atoms with Gasteiger partial charge in [-0.2, -0.15) is 0 Å². The van der Waals surface area contributed by atoms with Gasteiger partial charge in [0.25, 0.3) is 0 Å². The normalized spacial score (nSPS) is 12.5. The predicted molar refractivity (Wildman–Crippen MR) is 96.9 cm³/mol. The van der Waals surface area contributed by atoms with Crippen molar-refractivity contribution in [2.45, 2.75) is 31.7 Å². The van der Waals surface area contributed by atoms with E-state index < -0.39 is 0 Å². The second-order valence-electron chi connectivity index (χ2n) is 5.08. The Balaban J connectivity index is 2.25. The van der Waals surface area contributed by atoms with Crippen molar-refractivity contribution in [1.82, 2.24) is 0 Å². The molecule has 1 unspecified atom stereocenters. The molecule has 2 aromatic rings. The van der Waals surface area contributed by atoms with Crippen LogP contribution in [0.5, 0.6) is 5.75 Å². The van der Waals surface area contributed by atoms with Gasteiger partial charge in [0.2, 0.25) is 0 Å². The van der Waals surface area contributed by atoms with Crippen molar-refractivity contribution in [1.29, 1.82) is 0 Å². The summed E-state index contributed by atoms with van der Waals surface area (Å²) in [6, 6.07) is 14.7. The first-order valence-electron chi connectivity index (χ1n) is 6.64. The molecule has 1 atom stereocenters. The molecule has 0 aliphatic carbocycles. The Morgan fingerprint density at radius 3 is 2.30 bits per heavy atom. The zero-order chi connectivity index (χ0) is 14.7. The number of hydrogen-bond donors (Lipinski definition) is 0. The molecule has 0 spiro atoms. The van der Waals surface area contributed by atoms with E-state index in [4.69, 9.17) is 4.74 Å². The van der Waals surface area contributed by atoms with Crippen molar-refractivity contribution >= 4 is 38.5 Å². The van der Waals surface area contributed by atoms with Gasteiger partial charge in [0.15, 0.2) is 0 Å². The van der Waals surface area contributed by atoms with E-state index in [0.717, 1.165) is 5.75 Å². The van der Waals surface area contributed by atoms with Gasteiger partial charge in [-0.25, -0.2) is 0 Å². The van der Waals surface area contributed by atoms with E-state index in [2.05, 4.69) is 75.8 Å². The highest BCUT2D eigenvalue weighted by atomic mass is 127. The van der Waals surface area contributed by atoms with Crippen LogP contribution < -0.4 is 4.74 Å². The van der Waals surface area contributed by atoms with Gasteiger partial charge >= 0.3 is 0 Å². The minimum absolute atomic E-state index is 0.207. The molecule has 0 fully saturated rings. The van der Waals surface area contributed by atoms with E-state index in [0.29, 0.717) is 0 Å². The molecule has 0 saturated carbocycles. The van der Waals surface area contributed by atoms with Gasteiger partial charge in [0.1, 0.15) is 5.75 Å². The maximum atomic E-state index is 5.68. The molecule has 1 nitrogen and oxygen atoms in total. The lowest BCUT2D eigenvalue weighted by Gasteiger charge is -2.15. The van der Waals surface area contributed by atoms with Crippen LogP contribution in [0.2, 0.25) is 0 Å². The number of rotatable bonds is 4. The summed E-state index contributed by atoms with van der Waals surface area (Å²) in [5.41, 5.74) is 3.86. The van der Waals surface area contributed by atoms with Gasteiger partial charge < -0.3 is 4.74 Å². The molecular weight excluding hydrogens is 427 g/mol. The summed E-state index contributed by atoms with van der Waals surface area (Å²) in [6.45, 7) is 6.22. The smallest absolute Gasteiger partial charge is 0.119 e. The molecule has 3 heteroatoms. The molecule has 0 aliphatic rings. The highest BCUT2D eigenvalue weighted by Gasteiger charge is 2.14. The van der Waals surface area contributed by atoms with Crippen molar-refractivity contribution in [3.8, 4) is 5.75 Å². The summed E-state index contributed by atoms with van der Waals surface area (Å²) in [5.74, 6) is 0.919. The summed E-state index contributed by atoms with van der Waals surface area (Å²) in [4.78, 5) is 0.211. The molecule has 2 aromatic carbocycles. The van der Waals surface area contributed by atoms with E-state index in [1.165, 1.54) is 20.3 Å². The SMILES string of the molecule is Cc1cccc(C(Br)c2ccc(OC(C)C)cc2)c1I. The Hall–Kier alpha value is -0.550. The highest BCUT2D eigenvalue weighted by molar-refractivity contribution is 14.1. The topological polar surface area (TPSA) is 9.23 Å². The van der Waals surface area contributed by atoms with Crippen LogP contribution >= 0.6 is 38.5 Å². The second kappa shape index (κ2) is 6.94. The first-order chi connectivity index (χ1) is 9.49. The van der Waals surface area contributed by atoms with Crippen LogP contribution in [-0.4, -0.2) is 6.10 Å². The number of benzene rings is 2.